The number of fused-ring (bicyclic) bond motifs is 1. The fourth-order valence-corrected chi connectivity index (χ4v) is 1.88. The second-order valence-corrected chi connectivity index (χ2v) is 3.82. The summed E-state index contributed by atoms with van der Waals surface area (Å²) in [7, 11) is 1.54. The van der Waals surface area contributed by atoms with Crippen LogP contribution >= 0.6 is 0 Å². The standard InChI is InChI=1S/C14H10O4/c1-16-12-8-10(7-9-4-6-18-14(9)12)13(15)11-3-2-5-17-11/h2-8H,1H3. The van der Waals surface area contributed by atoms with Gasteiger partial charge in [-0.1, -0.05) is 0 Å². The van der Waals surface area contributed by atoms with Crippen LogP contribution in [-0.4, -0.2) is 12.9 Å². The number of ketones is 1. The van der Waals surface area contributed by atoms with Crippen molar-refractivity contribution < 1.29 is 18.4 Å². The average molecular weight is 242 g/mol. The van der Waals surface area contributed by atoms with E-state index in [0.717, 1.165) is 5.39 Å². The third-order valence-corrected chi connectivity index (χ3v) is 2.74. The van der Waals surface area contributed by atoms with Crippen LogP contribution in [-0.2, 0) is 0 Å². The zero-order valence-corrected chi connectivity index (χ0v) is 9.67. The van der Waals surface area contributed by atoms with Gasteiger partial charge in [-0.15, -0.1) is 0 Å². The van der Waals surface area contributed by atoms with Gasteiger partial charge in [0, 0.05) is 10.9 Å². The molecule has 90 valence electrons. The minimum Gasteiger partial charge on any atom is -0.493 e. The Morgan fingerprint density at radius 1 is 1.17 bits per heavy atom. The minimum atomic E-state index is -0.179. The summed E-state index contributed by atoms with van der Waals surface area (Å²) in [6, 6.07) is 8.51. The van der Waals surface area contributed by atoms with Gasteiger partial charge in [0.25, 0.3) is 0 Å². The Morgan fingerprint density at radius 2 is 2.06 bits per heavy atom. The summed E-state index contributed by atoms with van der Waals surface area (Å²) in [4.78, 5) is 12.2. The number of carbonyl (C=O) groups excluding carboxylic acids is 1. The molecule has 0 fully saturated rings. The number of ether oxygens (including phenoxy) is 1. The molecule has 18 heavy (non-hydrogen) atoms. The second-order valence-electron chi connectivity index (χ2n) is 3.82. The maximum absolute atomic E-state index is 12.2. The van der Waals surface area contributed by atoms with Gasteiger partial charge in [0.15, 0.2) is 17.1 Å². The van der Waals surface area contributed by atoms with Crippen molar-refractivity contribution in [3.8, 4) is 5.75 Å². The van der Waals surface area contributed by atoms with Crippen molar-refractivity contribution in [2.75, 3.05) is 7.11 Å². The zero-order chi connectivity index (χ0) is 12.5. The Balaban J connectivity index is 2.15. The monoisotopic (exact) mass is 242 g/mol. The van der Waals surface area contributed by atoms with Gasteiger partial charge >= 0.3 is 0 Å². The molecule has 0 saturated heterocycles. The molecule has 0 saturated carbocycles. The van der Waals surface area contributed by atoms with Crippen molar-refractivity contribution in [3.63, 3.8) is 0 Å². The van der Waals surface area contributed by atoms with Gasteiger partial charge in [-0.2, -0.15) is 0 Å². The van der Waals surface area contributed by atoms with Crippen molar-refractivity contribution in [2.45, 2.75) is 0 Å². The predicted octanol–water partition coefficient (Wildman–Crippen LogP) is 3.27. The largest absolute Gasteiger partial charge is 0.493 e. The number of hydrogen-bond acceptors (Lipinski definition) is 4. The number of hydrogen-bond donors (Lipinski definition) is 0. The molecule has 0 atom stereocenters. The summed E-state index contributed by atoms with van der Waals surface area (Å²) in [5.41, 5.74) is 1.14. The van der Waals surface area contributed by atoms with Crippen LogP contribution in [0.3, 0.4) is 0 Å². The molecule has 0 unspecified atom stereocenters. The molecule has 0 aliphatic heterocycles. The maximum atomic E-state index is 12.2. The number of benzene rings is 1. The minimum absolute atomic E-state index is 0.179. The van der Waals surface area contributed by atoms with E-state index in [2.05, 4.69) is 0 Å². The van der Waals surface area contributed by atoms with Gasteiger partial charge in [-0.05, 0) is 30.3 Å². The highest BCUT2D eigenvalue weighted by Gasteiger charge is 2.16. The summed E-state index contributed by atoms with van der Waals surface area (Å²) in [6.45, 7) is 0. The maximum Gasteiger partial charge on any atom is 0.228 e. The molecule has 0 aliphatic carbocycles. The van der Waals surface area contributed by atoms with Crippen LogP contribution in [0.15, 0.2) is 51.7 Å². The Hall–Kier alpha value is -2.49. The molecule has 2 aromatic heterocycles. The first-order valence-electron chi connectivity index (χ1n) is 5.43. The van der Waals surface area contributed by atoms with Crippen LogP contribution in [0, 0.1) is 0 Å². The lowest BCUT2D eigenvalue weighted by molar-refractivity contribution is 0.101. The normalized spacial score (nSPS) is 10.7. The van der Waals surface area contributed by atoms with E-state index in [4.69, 9.17) is 13.6 Å². The molecule has 0 N–H and O–H groups in total. The van der Waals surface area contributed by atoms with Gasteiger partial charge in [0.2, 0.25) is 5.78 Å². The number of carbonyl (C=O) groups is 1. The van der Waals surface area contributed by atoms with Gasteiger partial charge in [0.05, 0.1) is 19.6 Å². The molecule has 2 heterocycles. The van der Waals surface area contributed by atoms with E-state index in [0.29, 0.717) is 22.7 Å². The lowest BCUT2D eigenvalue weighted by Crippen LogP contribution is -2.00. The number of furan rings is 2. The predicted molar refractivity (Wildman–Crippen MR) is 64.9 cm³/mol. The Morgan fingerprint density at radius 3 is 2.78 bits per heavy atom. The Labute approximate surface area is 103 Å². The highest BCUT2D eigenvalue weighted by atomic mass is 16.5. The molecule has 4 nitrogen and oxygen atoms in total. The van der Waals surface area contributed by atoms with Crippen LogP contribution in [0.1, 0.15) is 16.1 Å². The summed E-state index contributed by atoms with van der Waals surface area (Å²) in [6.07, 6.45) is 3.04. The topological polar surface area (TPSA) is 52.6 Å². The third kappa shape index (κ3) is 1.59. The van der Waals surface area contributed by atoms with E-state index in [1.165, 1.54) is 6.26 Å². The molecule has 0 amide bonds. The van der Waals surface area contributed by atoms with Crippen LogP contribution in [0.25, 0.3) is 11.0 Å². The zero-order valence-electron chi connectivity index (χ0n) is 9.67. The van der Waals surface area contributed by atoms with Crippen molar-refractivity contribution in [3.05, 3.63) is 54.2 Å². The quantitative estimate of drug-likeness (QED) is 0.661. The third-order valence-electron chi connectivity index (χ3n) is 2.74. The molecule has 3 rings (SSSR count). The van der Waals surface area contributed by atoms with Crippen LogP contribution in [0.2, 0.25) is 0 Å². The molecule has 3 aromatic rings. The Bertz CT molecular complexity index is 692. The Kier molecular flexibility index (Phi) is 2.41. The fraction of sp³-hybridized carbons (Fsp3) is 0.0714. The van der Waals surface area contributed by atoms with Crippen LogP contribution < -0.4 is 4.74 Å². The van der Waals surface area contributed by atoms with Gasteiger partial charge in [0.1, 0.15) is 0 Å². The first kappa shape index (κ1) is 10.7. The SMILES string of the molecule is COc1cc(C(=O)c2ccco2)cc2ccoc12. The highest BCUT2D eigenvalue weighted by molar-refractivity contribution is 6.09. The molecular weight excluding hydrogens is 232 g/mol. The first-order valence-corrected chi connectivity index (χ1v) is 5.43. The fourth-order valence-electron chi connectivity index (χ4n) is 1.88. The van der Waals surface area contributed by atoms with Gasteiger partial charge < -0.3 is 13.6 Å². The molecule has 0 aliphatic rings. The van der Waals surface area contributed by atoms with E-state index in [-0.39, 0.29) is 5.78 Å². The van der Waals surface area contributed by atoms with E-state index >= 15 is 0 Å². The average Bonchev–Trinajstić information content (AvgIpc) is 3.07. The summed E-state index contributed by atoms with van der Waals surface area (Å²) < 4.78 is 15.6. The summed E-state index contributed by atoms with van der Waals surface area (Å²) in [5.74, 6) is 0.661. The van der Waals surface area contributed by atoms with E-state index < -0.39 is 0 Å². The summed E-state index contributed by atoms with van der Waals surface area (Å²) >= 11 is 0. The second kappa shape index (κ2) is 4.07. The highest BCUT2D eigenvalue weighted by Crippen LogP contribution is 2.29. The lowest BCUT2D eigenvalue weighted by Gasteiger charge is -2.03. The number of rotatable bonds is 3. The number of methoxy groups -OCH3 is 1. The van der Waals surface area contributed by atoms with Crippen molar-refractivity contribution >= 4 is 16.8 Å². The van der Waals surface area contributed by atoms with Crippen molar-refractivity contribution in [1.29, 1.82) is 0 Å². The lowest BCUT2D eigenvalue weighted by atomic mass is 10.1. The summed E-state index contributed by atoms with van der Waals surface area (Å²) in [5, 5.41) is 0.823. The van der Waals surface area contributed by atoms with Gasteiger partial charge in [-0.25, -0.2) is 0 Å². The molecule has 0 radical (unpaired) electrons. The molecule has 0 bridgehead atoms. The van der Waals surface area contributed by atoms with Crippen LogP contribution in [0.4, 0.5) is 0 Å². The van der Waals surface area contributed by atoms with E-state index in [1.54, 1.807) is 43.7 Å². The first-order chi connectivity index (χ1) is 8.79. The molecule has 4 heteroatoms. The van der Waals surface area contributed by atoms with Crippen LogP contribution in [0.5, 0.6) is 5.75 Å². The van der Waals surface area contributed by atoms with Gasteiger partial charge in [-0.3, -0.25) is 4.79 Å². The molecule has 1 aromatic carbocycles. The molecular formula is C14H10O4. The van der Waals surface area contributed by atoms with E-state index in [1.807, 2.05) is 0 Å². The smallest absolute Gasteiger partial charge is 0.228 e. The van der Waals surface area contributed by atoms with E-state index in [9.17, 15) is 4.79 Å². The van der Waals surface area contributed by atoms with Crippen molar-refractivity contribution in [2.24, 2.45) is 0 Å². The van der Waals surface area contributed by atoms with Crippen molar-refractivity contribution in [1.82, 2.24) is 0 Å². The molecule has 0 spiro atoms.